The molecule has 2 N–H and O–H groups in total. The molecule has 1 aliphatic carbocycles. The van der Waals surface area contributed by atoms with Crippen LogP contribution in [0.5, 0.6) is 0 Å². The molecule has 0 aliphatic heterocycles. The Balaban J connectivity index is 1.69. The molecule has 3 aromatic rings. The summed E-state index contributed by atoms with van der Waals surface area (Å²) in [5.74, 6) is 0.516. The van der Waals surface area contributed by atoms with Crippen molar-refractivity contribution in [2.75, 3.05) is 0 Å². The van der Waals surface area contributed by atoms with Crippen molar-refractivity contribution < 1.29 is 0 Å². The number of nitriles is 1. The molecule has 1 unspecified atom stereocenters. The van der Waals surface area contributed by atoms with Crippen molar-refractivity contribution in [2.45, 2.75) is 39.2 Å². The van der Waals surface area contributed by atoms with Crippen LogP contribution in [-0.4, -0.2) is 10.2 Å². The first kappa shape index (κ1) is 17.8. The third-order valence-corrected chi connectivity index (χ3v) is 6.08. The number of aromatic nitrogens is 2. The fraction of sp³-hybridized carbons (Fsp3) is 0.318. The van der Waals surface area contributed by atoms with Gasteiger partial charge < -0.3 is 5.73 Å². The van der Waals surface area contributed by atoms with Crippen LogP contribution >= 0.6 is 11.3 Å². The van der Waals surface area contributed by atoms with Crippen LogP contribution in [0.3, 0.4) is 0 Å². The van der Waals surface area contributed by atoms with E-state index in [1.54, 1.807) is 11.3 Å². The minimum absolute atomic E-state index is 0.124. The Bertz CT molecular complexity index is 1030. The van der Waals surface area contributed by atoms with Gasteiger partial charge in [0, 0.05) is 17.2 Å². The first-order valence-electron chi connectivity index (χ1n) is 9.31. The summed E-state index contributed by atoms with van der Waals surface area (Å²) in [6.07, 6.45) is 2.88. The summed E-state index contributed by atoms with van der Waals surface area (Å²) >= 11 is 1.57. The zero-order valence-corrected chi connectivity index (χ0v) is 16.4. The molecule has 0 saturated carbocycles. The topological polar surface area (TPSA) is 75.6 Å². The summed E-state index contributed by atoms with van der Waals surface area (Å²) < 4.78 is 0. The van der Waals surface area contributed by atoms with Gasteiger partial charge in [0.1, 0.15) is 10.0 Å². The van der Waals surface area contributed by atoms with Crippen LogP contribution < -0.4 is 5.73 Å². The number of hydrogen-bond acceptors (Lipinski definition) is 5. The molecule has 0 spiro atoms. The Kier molecular flexibility index (Phi) is 4.77. The molecule has 1 aliphatic rings. The quantitative estimate of drug-likeness (QED) is 0.705. The van der Waals surface area contributed by atoms with E-state index < -0.39 is 0 Å². The second kappa shape index (κ2) is 7.22. The molecule has 1 aromatic heterocycles. The van der Waals surface area contributed by atoms with Gasteiger partial charge in [-0.25, -0.2) is 0 Å². The molecular formula is C22H22N4S. The van der Waals surface area contributed by atoms with Crippen molar-refractivity contribution in [1.82, 2.24) is 10.2 Å². The van der Waals surface area contributed by atoms with Gasteiger partial charge in [-0.05, 0) is 47.9 Å². The molecule has 0 bridgehead atoms. The van der Waals surface area contributed by atoms with Crippen molar-refractivity contribution in [2.24, 2.45) is 11.7 Å². The molecular weight excluding hydrogens is 352 g/mol. The molecule has 5 heteroatoms. The molecule has 4 nitrogen and oxygen atoms in total. The van der Waals surface area contributed by atoms with E-state index in [0.29, 0.717) is 5.92 Å². The van der Waals surface area contributed by atoms with E-state index in [0.717, 1.165) is 51.5 Å². The molecule has 2 aromatic carbocycles. The average molecular weight is 375 g/mol. The van der Waals surface area contributed by atoms with Gasteiger partial charge in [-0.15, -0.1) is 10.2 Å². The Hall–Kier alpha value is -2.55. The first-order valence-corrected chi connectivity index (χ1v) is 10.1. The van der Waals surface area contributed by atoms with E-state index in [1.165, 1.54) is 11.1 Å². The SMILES string of the molecule is CC(C)Cc1ccc(-c2nnc(-c3cccc4c3CCC4N)s2)cc1C#N. The van der Waals surface area contributed by atoms with Crippen molar-refractivity contribution in [3.05, 3.63) is 58.7 Å². The summed E-state index contributed by atoms with van der Waals surface area (Å²) in [6, 6.07) is 14.8. The zero-order chi connectivity index (χ0) is 19.0. The normalized spacial score (nSPS) is 15.7. The minimum atomic E-state index is 0.124. The second-order valence-electron chi connectivity index (χ2n) is 7.51. The lowest BCUT2D eigenvalue weighted by atomic mass is 9.97. The van der Waals surface area contributed by atoms with Gasteiger partial charge in [-0.2, -0.15) is 5.26 Å². The van der Waals surface area contributed by atoms with Crippen LogP contribution in [0.2, 0.25) is 0 Å². The molecule has 136 valence electrons. The summed E-state index contributed by atoms with van der Waals surface area (Å²) in [7, 11) is 0. The van der Waals surface area contributed by atoms with Gasteiger partial charge >= 0.3 is 0 Å². The number of fused-ring (bicyclic) bond motifs is 1. The van der Waals surface area contributed by atoms with Crippen LogP contribution in [-0.2, 0) is 12.8 Å². The maximum absolute atomic E-state index is 9.52. The highest BCUT2D eigenvalue weighted by Gasteiger charge is 2.23. The zero-order valence-electron chi connectivity index (χ0n) is 15.6. The minimum Gasteiger partial charge on any atom is -0.324 e. The van der Waals surface area contributed by atoms with Crippen LogP contribution in [0.25, 0.3) is 21.1 Å². The molecule has 1 atom stereocenters. The van der Waals surface area contributed by atoms with Gasteiger partial charge in [0.15, 0.2) is 0 Å². The highest BCUT2D eigenvalue weighted by molar-refractivity contribution is 7.17. The van der Waals surface area contributed by atoms with E-state index in [4.69, 9.17) is 5.73 Å². The lowest BCUT2D eigenvalue weighted by molar-refractivity contribution is 0.646. The highest BCUT2D eigenvalue weighted by Crippen LogP contribution is 2.39. The van der Waals surface area contributed by atoms with Gasteiger partial charge in [-0.3, -0.25) is 0 Å². The van der Waals surface area contributed by atoms with Crippen LogP contribution in [0.15, 0.2) is 36.4 Å². The average Bonchev–Trinajstić information content (AvgIpc) is 3.29. The Morgan fingerprint density at radius 3 is 2.81 bits per heavy atom. The molecule has 4 rings (SSSR count). The number of rotatable bonds is 4. The van der Waals surface area contributed by atoms with E-state index in [2.05, 4.69) is 48.3 Å². The standard InChI is InChI=1S/C22H22N4S/c1-13(2)10-14-6-7-15(11-16(14)12-23)21-25-26-22(27-21)19-5-3-4-18-17(19)8-9-20(18)24/h3-7,11,13,20H,8-10,24H2,1-2H3. The number of nitrogens with two attached hydrogens (primary N) is 1. The molecule has 27 heavy (non-hydrogen) atoms. The van der Waals surface area contributed by atoms with Gasteiger partial charge in [-0.1, -0.05) is 55.5 Å². The van der Waals surface area contributed by atoms with E-state index in [-0.39, 0.29) is 6.04 Å². The molecule has 0 saturated heterocycles. The number of hydrogen-bond donors (Lipinski definition) is 1. The molecule has 0 fully saturated rings. The van der Waals surface area contributed by atoms with Crippen molar-refractivity contribution in [3.8, 4) is 27.2 Å². The van der Waals surface area contributed by atoms with Gasteiger partial charge in [0.2, 0.25) is 0 Å². The second-order valence-corrected chi connectivity index (χ2v) is 8.49. The predicted molar refractivity (Wildman–Crippen MR) is 109 cm³/mol. The third-order valence-electron chi connectivity index (χ3n) is 5.08. The molecule has 1 heterocycles. The fourth-order valence-electron chi connectivity index (χ4n) is 3.77. The summed E-state index contributed by atoms with van der Waals surface area (Å²) in [5, 5.41) is 20.1. The van der Waals surface area contributed by atoms with Crippen molar-refractivity contribution >= 4 is 11.3 Å². The monoisotopic (exact) mass is 374 g/mol. The van der Waals surface area contributed by atoms with E-state index >= 15 is 0 Å². The van der Waals surface area contributed by atoms with Crippen molar-refractivity contribution in [3.63, 3.8) is 0 Å². The Labute approximate surface area is 163 Å². The largest absolute Gasteiger partial charge is 0.324 e. The van der Waals surface area contributed by atoms with Gasteiger partial charge in [0.25, 0.3) is 0 Å². The summed E-state index contributed by atoms with van der Waals surface area (Å²) in [5.41, 5.74) is 12.7. The van der Waals surface area contributed by atoms with Gasteiger partial charge in [0.05, 0.1) is 11.6 Å². The van der Waals surface area contributed by atoms with E-state index in [9.17, 15) is 5.26 Å². The molecule has 0 amide bonds. The molecule has 0 radical (unpaired) electrons. The fourth-order valence-corrected chi connectivity index (χ4v) is 4.66. The van der Waals surface area contributed by atoms with Crippen LogP contribution in [0.1, 0.15) is 48.6 Å². The number of benzene rings is 2. The predicted octanol–water partition coefficient (Wildman–Crippen LogP) is 4.89. The third kappa shape index (κ3) is 3.39. The first-order chi connectivity index (χ1) is 13.1. The Morgan fingerprint density at radius 1 is 1.22 bits per heavy atom. The lowest BCUT2D eigenvalue weighted by Crippen LogP contribution is -2.04. The van der Waals surface area contributed by atoms with Crippen LogP contribution in [0.4, 0.5) is 0 Å². The highest BCUT2D eigenvalue weighted by atomic mass is 32.1. The smallest absolute Gasteiger partial charge is 0.148 e. The Morgan fingerprint density at radius 2 is 2.04 bits per heavy atom. The van der Waals surface area contributed by atoms with E-state index in [1.807, 2.05) is 18.2 Å². The lowest BCUT2D eigenvalue weighted by Gasteiger charge is -2.08. The van der Waals surface area contributed by atoms with Crippen LogP contribution in [0, 0.1) is 17.2 Å². The van der Waals surface area contributed by atoms with Crippen molar-refractivity contribution in [1.29, 1.82) is 5.26 Å². The summed E-state index contributed by atoms with van der Waals surface area (Å²) in [6.45, 7) is 4.33. The maximum atomic E-state index is 9.52. The number of nitrogens with zero attached hydrogens (tertiary/aromatic N) is 3. The maximum Gasteiger partial charge on any atom is 0.148 e. The summed E-state index contributed by atoms with van der Waals surface area (Å²) in [4.78, 5) is 0.